The lowest BCUT2D eigenvalue weighted by molar-refractivity contribution is -0.130. The van der Waals surface area contributed by atoms with Gasteiger partial charge in [-0.05, 0) is 38.0 Å². The summed E-state index contributed by atoms with van der Waals surface area (Å²) in [7, 11) is 1.74. The fourth-order valence-electron chi connectivity index (χ4n) is 3.97. The summed E-state index contributed by atoms with van der Waals surface area (Å²) in [6.45, 7) is 4.34. The van der Waals surface area contributed by atoms with Crippen LogP contribution in [0.2, 0.25) is 0 Å². The Morgan fingerprint density at radius 3 is 2.83 bits per heavy atom. The molecule has 35 heavy (non-hydrogen) atoms. The predicted molar refractivity (Wildman–Crippen MR) is 131 cm³/mol. The molecule has 3 atom stereocenters. The van der Waals surface area contributed by atoms with Gasteiger partial charge in [-0.3, -0.25) is 14.6 Å². The summed E-state index contributed by atoms with van der Waals surface area (Å²) in [4.78, 5) is 38.3. The van der Waals surface area contributed by atoms with Crippen molar-refractivity contribution in [3.05, 3.63) is 53.5 Å². The first-order valence-corrected chi connectivity index (χ1v) is 12.1. The van der Waals surface area contributed by atoms with Crippen molar-refractivity contribution in [2.45, 2.75) is 45.3 Å². The molecule has 0 aromatic carbocycles. The van der Waals surface area contributed by atoms with E-state index in [-0.39, 0.29) is 42.7 Å². The molecular formula is C27H32N4O4. The first-order chi connectivity index (χ1) is 16.9. The molecule has 0 bridgehead atoms. The lowest BCUT2D eigenvalue weighted by Gasteiger charge is -2.37. The monoisotopic (exact) mass is 476 g/mol. The van der Waals surface area contributed by atoms with Crippen LogP contribution < -0.4 is 4.74 Å². The van der Waals surface area contributed by atoms with Crippen molar-refractivity contribution in [3.8, 4) is 17.7 Å². The normalized spacial score (nSPS) is 20.5. The van der Waals surface area contributed by atoms with E-state index in [1.165, 1.54) is 0 Å². The minimum atomic E-state index is -0.399. The Labute approximate surface area is 206 Å². The van der Waals surface area contributed by atoms with E-state index in [0.29, 0.717) is 35.8 Å². The number of aromatic nitrogens is 2. The Morgan fingerprint density at radius 2 is 2.14 bits per heavy atom. The van der Waals surface area contributed by atoms with Gasteiger partial charge in [0.2, 0.25) is 11.8 Å². The van der Waals surface area contributed by atoms with Gasteiger partial charge in [0.1, 0.15) is 11.7 Å². The predicted octanol–water partition coefficient (Wildman–Crippen LogP) is 2.16. The molecule has 2 aliphatic rings. The van der Waals surface area contributed by atoms with E-state index < -0.39 is 6.10 Å². The summed E-state index contributed by atoms with van der Waals surface area (Å²) in [6, 6.07) is 6.84. The van der Waals surface area contributed by atoms with Crippen LogP contribution in [-0.2, 0) is 11.2 Å². The molecule has 8 heteroatoms. The van der Waals surface area contributed by atoms with Gasteiger partial charge in [-0.1, -0.05) is 24.8 Å². The minimum Gasteiger partial charge on any atom is -0.472 e. The maximum absolute atomic E-state index is 13.5. The second kappa shape index (κ2) is 10.9. The Kier molecular flexibility index (Phi) is 7.67. The second-order valence-corrected chi connectivity index (χ2v) is 9.52. The number of amides is 2. The number of carbonyl (C=O) groups is 2. The number of ether oxygens (including phenoxy) is 1. The van der Waals surface area contributed by atoms with Gasteiger partial charge in [-0.2, -0.15) is 0 Å². The van der Waals surface area contributed by atoms with Gasteiger partial charge >= 0.3 is 0 Å². The number of hydrogen-bond acceptors (Lipinski definition) is 6. The fourth-order valence-corrected chi connectivity index (χ4v) is 3.97. The summed E-state index contributed by atoms with van der Waals surface area (Å²) in [5.41, 5.74) is 1.70. The van der Waals surface area contributed by atoms with Crippen molar-refractivity contribution in [1.82, 2.24) is 19.8 Å². The first-order valence-electron chi connectivity index (χ1n) is 12.1. The molecule has 2 aromatic heterocycles. The largest absolute Gasteiger partial charge is 0.472 e. The number of fused-ring (bicyclic) bond motifs is 1. The summed E-state index contributed by atoms with van der Waals surface area (Å²) in [5.74, 6) is 6.54. The molecule has 1 saturated carbocycles. The molecule has 8 nitrogen and oxygen atoms in total. The zero-order valence-corrected chi connectivity index (χ0v) is 20.5. The van der Waals surface area contributed by atoms with Gasteiger partial charge < -0.3 is 19.6 Å². The van der Waals surface area contributed by atoms with Gasteiger partial charge in [-0.15, -0.1) is 0 Å². The van der Waals surface area contributed by atoms with Crippen LogP contribution in [0, 0.1) is 23.7 Å². The molecule has 3 heterocycles. The van der Waals surface area contributed by atoms with E-state index in [0.717, 1.165) is 12.8 Å². The molecule has 0 saturated heterocycles. The number of likely N-dealkylation sites (N-methyl/N-ethyl adjacent to an activating group) is 1. The minimum absolute atomic E-state index is 0.0721. The average Bonchev–Trinajstić information content (AvgIpc) is 3.69. The van der Waals surface area contributed by atoms with Crippen molar-refractivity contribution in [2.75, 3.05) is 26.7 Å². The quantitative estimate of drug-likeness (QED) is 0.642. The van der Waals surface area contributed by atoms with Crippen LogP contribution >= 0.6 is 0 Å². The zero-order valence-electron chi connectivity index (χ0n) is 20.5. The number of nitrogens with zero attached hydrogens (tertiary/aromatic N) is 4. The van der Waals surface area contributed by atoms with Crippen LogP contribution in [0.3, 0.4) is 0 Å². The molecule has 4 rings (SSSR count). The maximum Gasteiger partial charge on any atom is 0.259 e. The third-order valence-electron chi connectivity index (χ3n) is 6.46. The van der Waals surface area contributed by atoms with Crippen molar-refractivity contribution < 1.29 is 19.4 Å². The Balaban J connectivity index is 1.58. The van der Waals surface area contributed by atoms with Gasteiger partial charge in [0.15, 0.2) is 0 Å². The van der Waals surface area contributed by atoms with E-state index in [2.05, 4.69) is 21.8 Å². The van der Waals surface area contributed by atoms with Crippen LogP contribution in [0.25, 0.3) is 0 Å². The lowest BCUT2D eigenvalue weighted by atomic mass is 9.99. The maximum atomic E-state index is 13.5. The first kappa shape index (κ1) is 24.7. The number of pyridine rings is 2. The fraction of sp³-hybridized carbons (Fsp3) is 0.481. The third kappa shape index (κ3) is 6.17. The number of aliphatic hydroxyl groups excluding tert-OH is 1. The van der Waals surface area contributed by atoms with Crippen LogP contribution in [0.15, 0.2) is 36.7 Å². The van der Waals surface area contributed by atoms with E-state index in [4.69, 9.17) is 4.74 Å². The smallest absolute Gasteiger partial charge is 0.259 e. The molecule has 0 unspecified atom stereocenters. The highest BCUT2D eigenvalue weighted by atomic mass is 16.5. The number of carbonyl (C=O) groups excluding carboxylic acids is 2. The summed E-state index contributed by atoms with van der Waals surface area (Å²) in [6.07, 6.45) is 5.32. The number of rotatable bonds is 6. The van der Waals surface area contributed by atoms with Crippen LogP contribution in [0.4, 0.5) is 0 Å². The summed E-state index contributed by atoms with van der Waals surface area (Å²) >= 11 is 0. The van der Waals surface area contributed by atoms with E-state index in [1.807, 2.05) is 32.0 Å². The highest BCUT2D eigenvalue weighted by Crippen LogP contribution is 2.29. The molecule has 1 N–H and O–H groups in total. The summed E-state index contributed by atoms with van der Waals surface area (Å²) in [5, 5.41) is 9.81. The molecule has 1 aliphatic heterocycles. The molecule has 1 fully saturated rings. The van der Waals surface area contributed by atoms with E-state index >= 15 is 0 Å². The van der Waals surface area contributed by atoms with Gasteiger partial charge in [0, 0.05) is 49.1 Å². The number of hydrogen-bond donors (Lipinski definition) is 1. The van der Waals surface area contributed by atoms with Crippen molar-refractivity contribution >= 4 is 11.8 Å². The van der Waals surface area contributed by atoms with E-state index in [9.17, 15) is 14.7 Å². The summed E-state index contributed by atoms with van der Waals surface area (Å²) < 4.78 is 6.27. The van der Waals surface area contributed by atoms with Crippen LogP contribution in [0.1, 0.15) is 48.3 Å². The Bertz CT molecular complexity index is 1120. The molecule has 0 spiro atoms. The molecule has 2 amide bonds. The van der Waals surface area contributed by atoms with Crippen molar-refractivity contribution in [2.24, 2.45) is 11.8 Å². The third-order valence-corrected chi connectivity index (χ3v) is 6.46. The van der Waals surface area contributed by atoms with Crippen LogP contribution in [0.5, 0.6) is 5.88 Å². The van der Waals surface area contributed by atoms with E-state index in [1.54, 1.807) is 35.3 Å². The Morgan fingerprint density at radius 1 is 1.34 bits per heavy atom. The standard InChI is InChI=1S/C27H32N4O4/c1-18-15-31(19(2)17-32)27(34)23-12-21(10-9-20-7-8-20)14-29-26(23)35-24(18)16-30(3)25(33)13-22-6-4-5-11-28-22/h4-6,11-12,14,18-20,24,32H,7-8,13,15-17H2,1-3H3/t18-,19-,24+/m1/s1. The SMILES string of the molecule is C[C@@H]1CN([C@H](C)CO)C(=O)c2cc(C#CC3CC3)cnc2O[C@H]1CN(C)C(=O)Cc1ccccn1. The van der Waals surface area contributed by atoms with Gasteiger partial charge in [0.05, 0.1) is 25.6 Å². The lowest BCUT2D eigenvalue weighted by Crippen LogP contribution is -2.50. The topological polar surface area (TPSA) is 95.9 Å². The van der Waals surface area contributed by atoms with Crippen LogP contribution in [-0.4, -0.2) is 75.6 Å². The van der Waals surface area contributed by atoms with Crippen molar-refractivity contribution in [1.29, 1.82) is 0 Å². The molecule has 0 radical (unpaired) electrons. The van der Waals surface area contributed by atoms with Gasteiger partial charge in [-0.25, -0.2) is 4.98 Å². The number of aliphatic hydroxyl groups is 1. The molecule has 184 valence electrons. The highest BCUT2D eigenvalue weighted by molar-refractivity contribution is 5.97. The molecule has 2 aromatic rings. The Hall–Kier alpha value is -3.44. The van der Waals surface area contributed by atoms with Gasteiger partial charge in [0.25, 0.3) is 5.91 Å². The average molecular weight is 477 g/mol. The molecule has 1 aliphatic carbocycles. The zero-order chi connectivity index (χ0) is 24.9. The van der Waals surface area contributed by atoms with Crippen molar-refractivity contribution in [3.63, 3.8) is 0 Å². The molecular weight excluding hydrogens is 444 g/mol. The highest BCUT2D eigenvalue weighted by Gasteiger charge is 2.34. The second-order valence-electron chi connectivity index (χ2n) is 9.52.